The van der Waals surface area contributed by atoms with Crippen LogP contribution in [0.15, 0.2) is 54.6 Å². The molecule has 6 atom stereocenters. The zero-order valence-corrected chi connectivity index (χ0v) is 24.2. The van der Waals surface area contributed by atoms with Crippen LogP contribution < -0.4 is 15.4 Å². The Balaban J connectivity index is 1.43. The van der Waals surface area contributed by atoms with E-state index in [1.807, 2.05) is 63.2 Å². The number of anilines is 1. The molecule has 3 amide bonds. The molecule has 3 aliphatic heterocycles. The van der Waals surface area contributed by atoms with Crippen LogP contribution in [0.2, 0.25) is 0 Å². The summed E-state index contributed by atoms with van der Waals surface area (Å²) >= 11 is 1.63. The summed E-state index contributed by atoms with van der Waals surface area (Å²) in [7, 11) is 0. The molecule has 2 aromatic rings. The van der Waals surface area contributed by atoms with Gasteiger partial charge in [-0.25, -0.2) is 0 Å². The number of benzene rings is 2. The molecule has 0 saturated carbocycles. The molecule has 2 aromatic carbocycles. The minimum Gasteiger partial charge on any atom is -0.494 e. The molecular weight excluding hydrogens is 526 g/mol. The molecule has 8 nitrogen and oxygen atoms in total. The van der Waals surface area contributed by atoms with Crippen molar-refractivity contribution in [2.45, 2.75) is 68.7 Å². The summed E-state index contributed by atoms with van der Waals surface area (Å²) < 4.78 is 4.81. The minimum absolute atomic E-state index is 0.0408. The molecule has 214 valence electrons. The Hall–Kier alpha value is -3.04. The van der Waals surface area contributed by atoms with Gasteiger partial charge in [0.1, 0.15) is 11.8 Å². The van der Waals surface area contributed by atoms with Gasteiger partial charge in [-0.15, -0.1) is 11.8 Å². The summed E-state index contributed by atoms with van der Waals surface area (Å²) in [6.45, 7) is 6.67. The average Bonchev–Trinajstić information content (AvgIpc) is 3.59. The van der Waals surface area contributed by atoms with E-state index in [1.165, 1.54) is 0 Å². The maximum absolute atomic E-state index is 14.3. The number of rotatable bonds is 11. The fourth-order valence-corrected chi connectivity index (χ4v) is 9.02. The van der Waals surface area contributed by atoms with Crippen LogP contribution >= 0.6 is 11.8 Å². The fourth-order valence-electron chi connectivity index (χ4n) is 6.81. The molecule has 1 spiro atoms. The van der Waals surface area contributed by atoms with Crippen molar-refractivity contribution in [3.63, 3.8) is 0 Å². The summed E-state index contributed by atoms with van der Waals surface area (Å²) in [6, 6.07) is 15.7. The number of aliphatic hydroxyl groups excluding tert-OH is 1. The highest BCUT2D eigenvalue weighted by Gasteiger charge is 2.74. The van der Waals surface area contributed by atoms with Crippen LogP contribution in [0.5, 0.6) is 5.75 Å². The van der Waals surface area contributed by atoms with Crippen molar-refractivity contribution < 1.29 is 24.2 Å². The van der Waals surface area contributed by atoms with E-state index in [0.717, 1.165) is 17.7 Å². The first kappa shape index (κ1) is 28.5. The molecule has 3 N–H and O–H groups in total. The quantitative estimate of drug-likeness (QED) is 0.382. The number of ether oxygens (including phenoxy) is 1. The lowest BCUT2D eigenvalue weighted by molar-refractivity contribution is -0.142. The standard InChI is InChI=1S/C31H39N3O5S/c1-4-39-23-12-10-21(11-13-23)33-28(36)25-24-14-15-31(40-24)26(25)30(38)34(22(18-35)16-19(2)3)27(31)29(37)32-17-20-8-6-5-7-9-20/h5-13,19,22,24-27,35H,4,14-18H2,1-3H3,(H,32,37)(H,33,36)/t22-,24+,25-,26+,27?,31?/m1/s1. The Labute approximate surface area is 240 Å². The Bertz CT molecular complexity index is 1220. The molecule has 0 radical (unpaired) electrons. The van der Waals surface area contributed by atoms with E-state index in [1.54, 1.807) is 28.8 Å². The second-order valence-electron chi connectivity index (χ2n) is 11.4. The van der Waals surface area contributed by atoms with Gasteiger partial charge in [-0.2, -0.15) is 0 Å². The van der Waals surface area contributed by atoms with E-state index >= 15 is 0 Å². The van der Waals surface area contributed by atoms with Crippen LogP contribution in [0.1, 0.15) is 45.6 Å². The number of carbonyl (C=O) groups excluding carboxylic acids is 3. The monoisotopic (exact) mass is 565 g/mol. The first-order valence-corrected chi connectivity index (χ1v) is 15.1. The third kappa shape index (κ3) is 5.21. The maximum Gasteiger partial charge on any atom is 0.244 e. The Morgan fingerprint density at radius 1 is 1.12 bits per heavy atom. The maximum atomic E-state index is 14.3. The minimum atomic E-state index is -0.747. The van der Waals surface area contributed by atoms with Crippen LogP contribution in [0.25, 0.3) is 0 Å². The van der Waals surface area contributed by atoms with Crippen LogP contribution in [-0.4, -0.2) is 63.0 Å². The number of hydrogen-bond acceptors (Lipinski definition) is 6. The van der Waals surface area contributed by atoms with Crippen LogP contribution in [0.3, 0.4) is 0 Å². The van der Waals surface area contributed by atoms with Gasteiger partial charge in [0.2, 0.25) is 17.7 Å². The van der Waals surface area contributed by atoms with E-state index in [2.05, 4.69) is 10.6 Å². The fraction of sp³-hybridized carbons (Fsp3) is 0.516. The molecule has 3 aliphatic rings. The van der Waals surface area contributed by atoms with E-state index in [0.29, 0.717) is 31.7 Å². The van der Waals surface area contributed by atoms with Crippen molar-refractivity contribution in [1.29, 1.82) is 0 Å². The SMILES string of the molecule is CCOc1ccc(NC(=O)[C@@H]2[C@@H]3CCC4(S3)C(C(=O)NCc3ccccc3)N([C@@H](CO)CC(C)C)C(=O)[C@H]24)cc1. The van der Waals surface area contributed by atoms with Crippen molar-refractivity contribution in [3.05, 3.63) is 60.2 Å². The van der Waals surface area contributed by atoms with Gasteiger partial charge in [-0.05, 0) is 61.9 Å². The summed E-state index contributed by atoms with van der Waals surface area (Å²) in [5, 5.41) is 16.5. The van der Waals surface area contributed by atoms with E-state index in [9.17, 15) is 19.5 Å². The average molecular weight is 566 g/mol. The number of amides is 3. The highest BCUT2D eigenvalue weighted by Crippen LogP contribution is 2.66. The molecule has 0 aromatic heterocycles. The number of hydrogen-bond donors (Lipinski definition) is 3. The molecule has 40 heavy (non-hydrogen) atoms. The Kier molecular flexibility index (Phi) is 8.42. The summed E-state index contributed by atoms with van der Waals surface area (Å²) in [4.78, 5) is 43.6. The van der Waals surface area contributed by atoms with Gasteiger partial charge in [0.25, 0.3) is 0 Å². The number of nitrogens with one attached hydrogen (secondary N) is 2. The van der Waals surface area contributed by atoms with E-state index < -0.39 is 28.7 Å². The van der Waals surface area contributed by atoms with Gasteiger partial charge >= 0.3 is 0 Å². The molecule has 5 rings (SSSR count). The number of thioether (sulfide) groups is 1. The van der Waals surface area contributed by atoms with Crippen LogP contribution in [0, 0.1) is 17.8 Å². The second-order valence-corrected chi connectivity index (χ2v) is 13.0. The molecule has 0 aliphatic carbocycles. The van der Waals surface area contributed by atoms with Gasteiger partial charge in [-0.1, -0.05) is 44.2 Å². The van der Waals surface area contributed by atoms with Gasteiger partial charge in [0.05, 0.1) is 35.8 Å². The Morgan fingerprint density at radius 3 is 2.50 bits per heavy atom. The first-order chi connectivity index (χ1) is 19.3. The number of carbonyl (C=O) groups is 3. The molecule has 2 unspecified atom stereocenters. The normalized spacial score (nSPS) is 27.5. The van der Waals surface area contributed by atoms with Crippen LogP contribution in [0.4, 0.5) is 5.69 Å². The lowest BCUT2D eigenvalue weighted by Crippen LogP contribution is -2.56. The van der Waals surface area contributed by atoms with Gasteiger partial charge in [0, 0.05) is 17.5 Å². The number of aliphatic hydroxyl groups is 1. The van der Waals surface area contributed by atoms with Crippen molar-refractivity contribution in [2.24, 2.45) is 17.8 Å². The predicted octanol–water partition coefficient (Wildman–Crippen LogP) is 3.84. The molecular formula is C31H39N3O5S. The predicted molar refractivity (Wildman–Crippen MR) is 156 cm³/mol. The second kappa shape index (κ2) is 11.8. The highest BCUT2D eigenvalue weighted by molar-refractivity contribution is 8.02. The van der Waals surface area contributed by atoms with Crippen molar-refractivity contribution >= 4 is 35.2 Å². The number of fused-ring (bicyclic) bond motifs is 1. The van der Waals surface area contributed by atoms with E-state index in [4.69, 9.17) is 4.74 Å². The largest absolute Gasteiger partial charge is 0.494 e. The first-order valence-electron chi connectivity index (χ1n) is 14.2. The lowest BCUT2D eigenvalue weighted by Gasteiger charge is -2.37. The molecule has 3 saturated heterocycles. The van der Waals surface area contributed by atoms with Gasteiger partial charge in [0.15, 0.2) is 0 Å². The topological polar surface area (TPSA) is 108 Å². The van der Waals surface area contributed by atoms with Crippen molar-refractivity contribution in [1.82, 2.24) is 10.2 Å². The third-order valence-corrected chi connectivity index (χ3v) is 10.3. The number of likely N-dealkylation sites (tertiary alicyclic amines) is 1. The molecule has 3 fully saturated rings. The van der Waals surface area contributed by atoms with Crippen LogP contribution in [-0.2, 0) is 20.9 Å². The van der Waals surface area contributed by atoms with E-state index in [-0.39, 0.29) is 35.5 Å². The van der Waals surface area contributed by atoms with Gasteiger partial charge in [-0.3, -0.25) is 14.4 Å². The highest BCUT2D eigenvalue weighted by atomic mass is 32.2. The summed E-state index contributed by atoms with van der Waals surface area (Å²) in [6.07, 6.45) is 2.02. The smallest absolute Gasteiger partial charge is 0.244 e. The lowest BCUT2D eigenvalue weighted by atomic mass is 9.70. The molecule has 9 heteroatoms. The number of nitrogens with zero attached hydrogens (tertiary/aromatic N) is 1. The van der Waals surface area contributed by atoms with Crippen molar-refractivity contribution in [2.75, 3.05) is 18.5 Å². The van der Waals surface area contributed by atoms with Gasteiger partial charge < -0.3 is 25.4 Å². The zero-order chi connectivity index (χ0) is 28.4. The molecule has 2 bridgehead atoms. The summed E-state index contributed by atoms with van der Waals surface area (Å²) in [5.74, 6) is -0.835. The van der Waals surface area contributed by atoms with Crippen molar-refractivity contribution in [3.8, 4) is 5.75 Å². The zero-order valence-electron chi connectivity index (χ0n) is 23.3. The summed E-state index contributed by atoms with van der Waals surface area (Å²) in [5.41, 5.74) is 1.61. The third-order valence-electron chi connectivity index (χ3n) is 8.38. The Morgan fingerprint density at radius 2 is 1.85 bits per heavy atom. The molecule has 3 heterocycles.